The molecule has 3 nitrogen and oxygen atoms in total. The fraction of sp³-hybridized carbons (Fsp3) is 1.00. The molecule has 16 heavy (non-hydrogen) atoms. The van der Waals surface area contributed by atoms with Crippen molar-refractivity contribution < 1.29 is 0 Å². The van der Waals surface area contributed by atoms with Crippen molar-refractivity contribution in [2.45, 2.75) is 45.2 Å². The Kier molecular flexibility index (Phi) is 4.62. The quantitative estimate of drug-likeness (QED) is 0.777. The molecule has 2 rings (SSSR count). The first kappa shape index (κ1) is 12.3. The molecule has 2 aliphatic heterocycles. The van der Waals surface area contributed by atoms with E-state index in [0.717, 1.165) is 12.1 Å². The van der Waals surface area contributed by atoms with Crippen molar-refractivity contribution in [3.05, 3.63) is 0 Å². The minimum Gasteiger partial charge on any atom is -0.315 e. The zero-order chi connectivity index (χ0) is 11.4. The van der Waals surface area contributed by atoms with E-state index in [2.05, 4.69) is 29.0 Å². The molecule has 3 heteroatoms. The highest BCUT2D eigenvalue weighted by atomic mass is 15.3. The van der Waals surface area contributed by atoms with Gasteiger partial charge in [-0.25, -0.2) is 0 Å². The number of rotatable bonds is 3. The van der Waals surface area contributed by atoms with Crippen LogP contribution in [-0.2, 0) is 0 Å². The van der Waals surface area contributed by atoms with Gasteiger partial charge in [0.05, 0.1) is 0 Å². The number of nitrogens with one attached hydrogen (secondary N) is 1. The van der Waals surface area contributed by atoms with Gasteiger partial charge >= 0.3 is 0 Å². The third-order valence-electron chi connectivity index (χ3n) is 3.99. The molecule has 0 aromatic carbocycles. The van der Waals surface area contributed by atoms with Crippen LogP contribution in [0.5, 0.6) is 0 Å². The number of hydrogen-bond donors (Lipinski definition) is 1. The van der Waals surface area contributed by atoms with Crippen LogP contribution in [0.25, 0.3) is 0 Å². The van der Waals surface area contributed by atoms with Crippen LogP contribution in [-0.4, -0.2) is 61.2 Å². The lowest BCUT2D eigenvalue weighted by Crippen LogP contribution is -2.44. The Hall–Kier alpha value is -0.120. The van der Waals surface area contributed by atoms with Gasteiger partial charge in [0.2, 0.25) is 0 Å². The number of nitrogens with zero attached hydrogens (tertiary/aromatic N) is 2. The van der Waals surface area contributed by atoms with Gasteiger partial charge in [0.15, 0.2) is 0 Å². The van der Waals surface area contributed by atoms with Gasteiger partial charge in [-0.2, -0.15) is 0 Å². The first-order valence-electron chi connectivity index (χ1n) is 6.96. The predicted molar refractivity (Wildman–Crippen MR) is 68.8 cm³/mol. The fourth-order valence-electron chi connectivity index (χ4n) is 3.12. The molecule has 94 valence electrons. The molecule has 1 atom stereocenters. The second-order valence-electron chi connectivity index (χ2n) is 5.53. The average molecular weight is 225 g/mol. The van der Waals surface area contributed by atoms with Crippen molar-refractivity contribution in [3.63, 3.8) is 0 Å². The molecule has 2 aliphatic rings. The molecule has 0 bridgehead atoms. The van der Waals surface area contributed by atoms with Crippen molar-refractivity contribution in [1.82, 2.24) is 15.1 Å². The molecule has 0 aromatic heterocycles. The van der Waals surface area contributed by atoms with E-state index in [4.69, 9.17) is 0 Å². The van der Waals surface area contributed by atoms with Crippen molar-refractivity contribution in [1.29, 1.82) is 0 Å². The zero-order valence-corrected chi connectivity index (χ0v) is 10.9. The molecular weight excluding hydrogens is 198 g/mol. The van der Waals surface area contributed by atoms with Gasteiger partial charge < -0.3 is 10.2 Å². The van der Waals surface area contributed by atoms with Crippen LogP contribution in [0.2, 0.25) is 0 Å². The first-order valence-corrected chi connectivity index (χ1v) is 6.96. The smallest absolute Gasteiger partial charge is 0.0226 e. The summed E-state index contributed by atoms with van der Waals surface area (Å²) in [5.74, 6) is 0. The third kappa shape index (κ3) is 3.19. The van der Waals surface area contributed by atoms with Gasteiger partial charge in [-0.15, -0.1) is 0 Å². The standard InChI is InChI=1S/C13H27N3/c1-12(2)16-9-3-5-13(16)11-15-8-4-6-14-7-10-15/h12-14H,3-11H2,1-2H3. The maximum Gasteiger partial charge on any atom is 0.0226 e. The Balaban J connectivity index is 1.82. The summed E-state index contributed by atoms with van der Waals surface area (Å²) in [4.78, 5) is 5.35. The van der Waals surface area contributed by atoms with E-state index in [0.29, 0.717) is 0 Å². The van der Waals surface area contributed by atoms with Gasteiger partial charge in [-0.05, 0) is 52.7 Å². The minimum absolute atomic E-state index is 0.720. The average Bonchev–Trinajstić information content (AvgIpc) is 2.55. The largest absolute Gasteiger partial charge is 0.315 e. The van der Waals surface area contributed by atoms with Crippen LogP contribution in [0.4, 0.5) is 0 Å². The second-order valence-corrected chi connectivity index (χ2v) is 5.53. The Bertz CT molecular complexity index is 197. The molecule has 0 aliphatic carbocycles. The van der Waals surface area contributed by atoms with E-state index < -0.39 is 0 Å². The summed E-state index contributed by atoms with van der Waals surface area (Å²) in [5.41, 5.74) is 0. The van der Waals surface area contributed by atoms with Crippen LogP contribution in [0.15, 0.2) is 0 Å². The van der Waals surface area contributed by atoms with Gasteiger partial charge in [-0.3, -0.25) is 4.90 Å². The normalized spacial score (nSPS) is 29.8. The van der Waals surface area contributed by atoms with Crippen molar-refractivity contribution in [3.8, 4) is 0 Å². The summed E-state index contributed by atoms with van der Waals surface area (Å²) in [5, 5.41) is 3.48. The highest BCUT2D eigenvalue weighted by Crippen LogP contribution is 2.20. The zero-order valence-electron chi connectivity index (χ0n) is 10.9. The van der Waals surface area contributed by atoms with Crippen LogP contribution in [0, 0.1) is 0 Å². The van der Waals surface area contributed by atoms with Crippen molar-refractivity contribution >= 4 is 0 Å². The van der Waals surface area contributed by atoms with Crippen LogP contribution < -0.4 is 5.32 Å². The molecule has 2 heterocycles. The van der Waals surface area contributed by atoms with Crippen LogP contribution in [0.1, 0.15) is 33.1 Å². The maximum absolute atomic E-state index is 3.48. The second kappa shape index (κ2) is 5.99. The summed E-state index contributed by atoms with van der Waals surface area (Å²) < 4.78 is 0. The number of hydrogen-bond acceptors (Lipinski definition) is 3. The molecule has 0 saturated carbocycles. The van der Waals surface area contributed by atoms with Gasteiger partial charge in [0.1, 0.15) is 0 Å². The fourth-order valence-corrected chi connectivity index (χ4v) is 3.12. The molecule has 0 radical (unpaired) electrons. The van der Waals surface area contributed by atoms with E-state index >= 15 is 0 Å². The summed E-state index contributed by atoms with van der Waals surface area (Å²) in [6, 6.07) is 1.54. The van der Waals surface area contributed by atoms with Crippen LogP contribution >= 0.6 is 0 Å². The van der Waals surface area contributed by atoms with Gasteiger partial charge in [0.25, 0.3) is 0 Å². The SMILES string of the molecule is CC(C)N1CCCC1CN1CCCNCC1. The van der Waals surface area contributed by atoms with Crippen LogP contribution in [0.3, 0.4) is 0 Å². The van der Waals surface area contributed by atoms with E-state index in [1.807, 2.05) is 0 Å². The highest BCUT2D eigenvalue weighted by molar-refractivity contribution is 4.84. The molecular formula is C13H27N3. The van der Waals surface area contributed by atoms with E-state index in [9.17, 15) is 0 Å². The molecule has 1 N–H and O–H groups in total. The van der Waals surface area contributed by atoms with Gasteiger partial charge in [-0.1, -0.05) is 0 Å². The Labute approximate surface area is 100 Å². The molecule has 2 fully saturated rings. The molecule has 1 unspecified atom stereocenters. The third-order valence-corrected chi connectivity index (χ3v) is 3.99. The monoisotopic (exact) mass is 225 g/mol. The van der Waals surface area contributed by atoms with E-state index in [1.54, 1.807) is 0 Å². The number of likely N-dealkylation sites (tertiary alicyclic amines) is 1. The topological polar surface area (TPSA) is 18.5 Å². The predicted octanol–water partition coefficient (Wildman–Crippen LogP) is 1.15. The Morgan fingerprint density at radius 3 is 2.81 bits per heavy atom. The van der Waals surface area contributed by atoms with Crippen molar-refractivity contribution in [2.24, 2.45) is 0 Å². The van der Waals surface area contributed by atoms with Gasteiger partial charge in [0, 0.05) is 31.7 Å². The molecule has 2 saturated heterocycles. The lowest BCUT2D eigenvalue weighted by molar-refractivity contribution is 0.150. The summed E-state index contributed by atoms with van der Waals surface area (Å²) in [6.07, 6.45) is 4.12. The summed E-state index contributed by atoms with van der Waals surface area (Å²) >= 11 is 0. The summed E-state index contributed by atoms with van der Waals surface area (Å²) in [7, 11) is 0. The minimum atomic E-state index is 0.720. The lowest BCUT2D eigenvalue weighted by atomic mass is 10.2. The molecule has 0 amide bonds. The van der Waals surface area contributed by atoms with E-state index in [1.165, 1.54) is 58.5 Å². The summed E-state index contributed by atoms with van der Waals surface area (Å²) in [6.45, 7) is 12.2. The van der Waals surface area contributed by atoms with Crippen molar-refractivity contribution in [2.75, 3.05) is 39.3 Å². The Morgan fingerprint density at radius 1 is 1.12 bits per heavy atom. The molecule has 0 spiro atoms. The highest BCUT2D eigenvalue weighted by Gasteiger charge is 2.28. The molecule has 0 aromatic rings. The Morgan fingerprint density at radius 2 is 2.00 bits per heavy atom. The lowest BCUT2D eigenvalue weighted by Gasteiger charge is -2.32. The van der Waals surface area contributed by atoms with E-state index in [-0.39, 0.29) is 0 Å². The maximum atomic E-state index is 3.48. The first-order chi connectivity index (χ1) is 7.77.